The van der Waals surface area contributed by atoms with E-state index in [4.69, 9.17) is 9.47 Å². The topological polar surface area (TPSA) is 73.9 Å². The van der Waals surface area contributed by atoms with Crippen molar-refractivity contribution in [2.45, 2.75) is 25.4 Å². The van der Waals surface area contributed by atoms with Crippen molar-refractivity contribution < 1.29 is 9.47 Å². The van der Waals surface area contributed by atoms with E-state index in [2.05, 4.69) is 68.0 Å². The van der Waals surface area contributed by atoms with E-state index in [0.717, 1.165) is 56.5 Å². The number of hydrogen-bond acceptors (Lipinski definition) is 4. The molecule has 1 unspecified atom stereocenters. The van der Waals surface area contributed by atoms with Gasteiger partial charge in [-0.05, 0) is 41.6 Å². The summed E-state index contributed by atoms with van der Waals surface area (Å²) < 4.78 is 10.8. The molecule has 0 spiro atoms. The molecule has 32 heavy (non-hydrogen) atoms. The lowest BCUT2D eigenvalue weighted by Crippen LogP contribution is -2.45. The Morgan fingerprint density at radius 2 is 1.91 bits per heavy atom. The number of ether oxygens (including phenoxy) is 2. The lowest BCUT2D eigenvalue weighted by molar-refractivity contribution is 0.321. The summed E-state index contributed by atoms with van der Waals surface area (Å²) in [4.78, 5) is 10.3. The van der Waals surface area contributed by atoms with Crippen LogP contribution in [-0.4, -0.2) is 62.8 Å². The van der Waals surface area contributed by atoms with Crippen LogP contribution >= 0.6 is 0 Å². The number of guanidine groups is 1. The Hall–Kier alpha value is -3.19. The summed E-state index contributed by atoms with van der Waals surface area (Å²) in [5.41, 5.74) is 3.61. The summed E-state index contributed by atoms with van der Waals surface area (Å²) in [6.45, 7) is 3.72. The second-order valence-electron chi connectivity index (χ2n) is 8.22. The zero-order valence-electron chi connectivity index (χ0n) is 19.1. The molecule has 0 radical (unpaired) electrons. The highest BCUT2D eigenvalue weighted by Crippen LogP contribution is 2.24. The number of nitrogens with one attached hydrogen (secondary N) is 3. The highest BCUT2D eigenvalue weighted by molar-refractivity contribution is 5.81. The van der Waals surface area contributed by atoms with E-state index in [1.165, 1.54) is 22.2 Å². The molecule has 2 aromatic carbocycles. The van der Waals surface area contributed by atoms with E-state index in [0.29, 0.717) is 6.04 Å². The molecule has 0 saturated carbocycles. The molecule has 1 aliphatic rings. The molecule has 0 amide bonds. The fourth-order valence-corrected chi connectivity index (χ4v) is 4.28. The Bertz CT molecular complexity index is 1010. The average molecular weight is 436 g/mol. The Kier molecular flexibility index (Phi) is 7.17. The molecule has 1 aromatic heterocycles. The first-order valence-corrected chi connectivity index (χ1v) is 11.1. The monoisotopic (exact) mass is 435 g/mol. The van der Waals surface area contributed by atoms with Gasteiger partial charge in [0, 0.05) is 63.0 Å². The molecular formula is C25H33N5O2. The maximum atomic E-state index is 5.40. The fraction of sp³-hybridized carbons (Fsp3) is 0.400. The lowest BCUT2D eigenvalue weighted by Gasteiger charge is -2.19. The first kappa shape index (κ1) is 22.0. The van der Waals surface area contributed by atoms with Crippen LogP contribution in [0.3, 0.4) is 0 Å². The third kappa shape index (κ3) is 5.53. The number of aromatic nitrogens is 1. The molecule has 1 aliphatic heterocycles. The zero-order chi connectivity index (χ0) is 22.3. The number of aliphatic imine (C=N–C) groups is 1. The van der Waals surface area contributed by atoms with E-state index in [1.807, 2.05) is 13.1 Å². The zero-order valence-corrected chi connectivity index (χ0v) is 19.1. The van der Waals surface area contributed by atoms with Crippen molar-refractivity contribution in [3.8, 4) is 11.5 Å². The molecule has 1 saturated heterocycles. The van der Waals surface area contributed by atoms with Crippen LogP contribution in [0, 0.1) is 0 Å². The number of nitrogens with zero attached hydrogens (tertiary/aromatic N) is 2. The summed E-state index contributed by atoms with van der Waals surface area (Å²) in [6, 6.07) is 17.0. The highest BCUT2D eigenvalue weighted by atomic mass is 16.5. The van der Waals surface area contributed by atoms with Crippen molar-refractivity contribution in [2.24, 2.45) is 4.99 Å². The maximum Gasteiger partial charge on any atom is 0.191 e. The van der Waals surface area contributed by atoms with Crippen LogP contribution in [-0.2, 0) is 13.0 Å². The first-order valence-electron chi connectivity index (χ1n) is 11.1. The number of benzene rings is 2. The van der Waals surface area contributed by atoms with Crippen LogP contribution in [0.4, 0.5) is 0 Å². The van der Waals surface area contributed by atoms with Gasteiger partial charge in [-0.15, -0.1) is 0 Å². The maximum absolute atomic E-state index is 5.40. The van der Waals surface area contributed by atoms with Gasteiger partial charge in [0.1, 0.15) is 11.5 Å². The Balaban J connectivity index is 1.25. The number of aromatic amines is 1. The molecule has 170 valence electrons. The van der Waals surface area contributed by atoms with E-state index in [1.54, 1.807) is 14.2 Å². The third-order valence-corrected chi connectivity index (χ3v) is 5.93. The van der Waals surface area contributed by atoms with Crippen LogP contribution in [0.25, 0.3) is 10.9 Å². The van der Waals surface area contributed by atoms with Crippen molar-refractivity contribution >= 4 is 16.9 Å². The van der Waals surface area contributed by atoms with Crippen molar-refractivity contribution in [1.29, 1.82) is 0 Å². The molecule has 1 atom stereocenters. The first-order chi connectivity index (χ1) is 15.7. The number of likely N-dealkylation sites (tertiary alicyclic amines) is 1. The van der Waals surface area contributed by atoms with Gasteiger partial charge in [0.15, 0.2) is 5.96 Å². The predicted octanol–water partition coefficient (Wildman–Crippen LogP) is 3.17. The van der Waals surface area contributed by atoms with Crippen LogP contribution in [0.5, 0.6) is 11.5 Å². The Labute approximate surface area is 189 Å². The second-order valence-corrected chi connectivity index (χ2v) is 8.22. The molecule has 4 rings (SSSR count). The molecule has 3 aromatic rings. The van der Waals surface area contributed by atoms with Crippen molar-refractivity contribution in [2.75, 3.05) is 40.9 Å². The van der Waals surface area contributed by atoms with Crippen LogP contribution in [0.1, 0.15) is 17.7 Å². The number of H-pyrrole nitrogens is 1. The molecule has 7 nitrogen and oxygen atoms in total. The quantitative estimate of drug-likeness (QED) is 0.374. The molecule has 7 heteroatoms. The number of methoxy groups -OCH3 is 2. The van der Waals surface area contributed by atoms with Gasteiger partial charge >= 0.3 is 0 Å². The molecule has 1 fully saturated rings. The van der Waals surface area contributed by atoms with Gasteiger partial charge in [0.25, 0.3) is 0 Å². The fourth-order valence-electron chi connectivity index (χ4n) is 4.28. The molecule has 0 bridgehead atoms. The average Bonchev–Trinajstić information content (AvgIpc) is 3.44. The van der Waals surface area contributed by atoms with E-state index in [-0.39, 0.29) is 0 Å². The van der Waals surface area contributed by atoms with Gasteiger partial charge in [-0.2, -0.15) is 0 Å². The summed E-state index contributed by atoms with van der Waals surface area (Å²) in [6.07, 6.45) is 2.01. The van der Waals surface area contributed by atoms with Gasteiger partial charge in [0.05, 0.1) is 14.2 Å². The SMILES string of the molecule is CN=C(NCCc1cc2ccccc2[nH]1)NC1CCN(Cc2cc(OC)cc(OC)c2)C1. The highest BCUT2D eigenvalue weighted by Gasteiger charge is 2.23. The minimum Gasteiger partial charge on any atom is -0.497 e. The molecule has 0 aliphatic carbocycles. The normalized spacial score (nSPS) is 17.0. The van der Waals surface area contributed by atoms with Gasteiger partial charge in [0.2, 0.25) is 0 Å². The molecular weight excluding hydrogens is 402 g/mol. The van der Waals surface area contributed by atoms with Crippen LogP contribution < -0.4 is 20.1 Å². The molecule has 3 N–H and O–H groups in total. The summed E-state index contributed by atoms with van der Waals surface area (Å²) in [7, 11) is 5.20. The van der Waals surface area contributed by atoms with Gasteiger partial charge in [-0.1, -0.05) is 18.2 Å². The Morgan fingerprint density at radius 3 is 2.62 bits per heavy atom. The van der Waals surface area contributed by atoms with Gasteiger partial charge in [-0.3, -0.25) is 9.89 Å². The largest absolute Gasteiger partial charge is 0.497 e. The van der Waals surface area contributed by atoms with Crippen LogP contribution in [0.2, 0.25) is 0 Å². The standard InChI is InChI=1S/C25H33N5O2/c1-26-25(27-10-8-20-14-19-6-4-5-7-24(19)28-20)29-21-9-11-30(17-21)16-18-12-22(31-2)15-23(13-18)32-3/h4-7,12-15,21,28H,8-11,16-17H2,1-3H3,(H2,26,27,29). The molecule has 2 heterocycles. The summed E-state index contributed by atoms with van der Waals surface area (Å²) in [5, 5.41) is 8.28. The lowest BCUT2D eigenvalue weighted by atomic mass is 10.2. The van der Waals surface area contributed by atoms with Crippen molar-refractivity contribution in [1.82, 2.24) is 20.5 Å². The van der Waals surface area contributed by atoms with Crippen molar-refractivity contribution in [3.05, 3.63) is 59.8 Å². The number of rotatable bonds is 8. The van der Waals surface area contributed by atoms with E-state index < -0.39 is 0 Å². The summed E-state index contributed by atoms with van der Waals surface area (Å²) >= 11 is 0. The smallest absolute Gasteiger partial charge is 0.191 e. The summed E-state index contributed by atoms with van der Waals surface area (Å²) in [5.74, 6) is 2.51. The number of fused-ring (bicyclic) bond motifs is 1. The van der Waals surface area contributed by atoms with E-state index in [9.17, 15) is 0 Å². The number of hydrogen-bond donors (Lipinski definition) is 3. The van der Waals surface area contributed by atoms with E-state index >= 15 is 0 Å². The van der Waals surface area contributed by atoms with Gasteiger partial charge < -0.3 is 25.1 Å². The van der Waals surface area contributed by atoms with Gasteiger partial charge in [-0.25, -0.2) is 0 Å². The van der Waals surface area contributed by atoms with Crippen LogP contribution in [0.15, 0.2) is 53.5 Å². The number of para-hydroxylation sites is 1. The second kappa shape index (κ2) is 10.4. The van der Waals surface area contributed by atoms with Crippen molar-refractivity contribution in [3.63, 3.8) is 0 Å². The third-order valence-electron chi connectivity index (χ3n) is 5.93. The minimum atomic E-state index is 0.377. The predicted molar refractivity (Wildman–Crippen MR) is 130 cm³/mol. The minimum absolute atomic E-state index is 0.377. The Morgan fingerprint density at radius 1 is 1.12 bits per heavy atom.